The average molecular weight is 401 g/mol. The number of benzene rings is 2. The van der Waals surface area contributed by atoms with Crippen LogP contribution < -0.4 is 5.01 Å². The van der Waals surface area contributed by atoms with Gasteiger partial charge in [-0.1, -0.05) is 60.7 Å². The first-order valence-corrected chi connectivity index (χ1v) is 10.2. The molecule has 29 heavy (non-hydrogen) atoms. The van der Waals surface area contributed by atoms with Gasteiger partial charge in [-0.25, -0.2) is 0 Å². The van der Waals surface area contributed by atoms with Crippen molar-refractivity contribution >= 4 is 34.4 Å². The third-order valence-electron chi connectivity index (χ3n) is 5.08. The maximum absolute atomic E-state index is 13.6. The van der Waals surface area contributed by atoms with E-state index in [1.807, 2.05) is 73.0 Å². The summed E-state index contributed by atoms with van der Waals surface area (Å²) in [5, 5.41) is 8.00. The molecule has 0 spiro atoms. The number of para-hydroxylation sites is 1. The first-order chi connectivity index (χ1) is 14.1. The summed E-state index contributed by atoms with van der Waals surface area (Å²) in [7, 11) is 0. The highest BCUT2D eigenvalue weighted by Gasteiger charge is 2.48. The van der Waals surface area contributed by atoms with Crippen molar-refractivity contribution < 1.29 is 9.59 Å². The van der Waals surface area contributed by atoms with Crippen LogP contribution in [0.1, 0.15) is 22.2 Å². The molecule has 2 aromatic carbocycles. The van der Waals surface area contributed by atoms with Gasteiger partial charge < -0.3 is 0 Å². The van der Waals surface area contributed by atoms with Gasteiger partial charge in [0.25, 0.3) is 5.91 Å². The first-order valence-electron chi connectivity index (χ1n) is 9.36. The Morgan fingerprint density at radius 1 is 1.03 bits per heavy atom. The summed E-state index contributed by atoms with van der Waals surface area (Å²) in [5.41, 5.74) is 1.00. The fourth-order valence-electron chi connectivity index (χ4n) is 3.43. The van der Waals surface area contributed by atoms with Crippen molar-refractivity contribution in [3.8, 4) is 0 Å². The van der Waals surface area contributed by atoms with Crippen LogP contribution in [0.2, 0.25) is 0 Å². The van der Waals surface area contributed by atoms with E-state index in [2.05, 4.69) is 5.10 Å². The first kappa shape index (κ1) is 19.0. The monoisotopic (exact) mass is 400 g/mol. The minimum Gasteiger partial charge on any atom is -0.289 e. The summed E-state index contributed by atoms with van der Waals surface area (Å²) >= 11 is 1.60. The Balaban J connectivity index is 1.72. The highest BCUT2D eigenvalue weighted by molar-refractivity contribution is 7.09. The van der Waals surface area contributed by atoms with Crippen LogP contribution in [0.4, 0.5) is 5.69 Å². The molecule has 3 aromatic rings. The number of carbonyl (C=O) groups excluding carboxylic acids is 2. The average Bonchev–Trinajstić information content (AvgIpc) is 3.36. The second kappa shape index (κ2) is 7.97. The topological polar surface area (TPSA) is 49.7 Å². The number of hydrogen-bond donors (Lipinski definition) is 0. The van der Waals surface area contributed by atoms with Gasteiger partial charge in [0.05, 0.1) is 11.4 Å². The lowest BCUT2D eigenvalue weighted by Gasteiger charge is -2.24. The summed E-state index contributed by atoms with van der Waals surface area (Å²) < 4.78 is 0. The number of amides is 1. The molecule has 1 atom stereocenters. The molecule has 0 saturated heterocycles. The van der Waals surface area contributed by atoms with Crippen molar-refractivity contribution in [3.63, 3.8) is 0 Å². The standard InChI is InChI=1S/C24H20N2O2S/c1-18-24(17-21-13-8-16-29-21,15-14-22(27)19-9-4-2-5-10-19)23(28)26(25-18)20-11-6-3-7-12-20/h2-16H,17H2,1H3/b15-14-/t24-/m0/s1. The van der Waals surface area contributed by atoms with Crippen molar-refractivity contribution in [2.75, 3.05) is 5.01 Å². The lowest BCUT2D eigenvalue weighted by molar-refractivity contribution is -0.122. The van der Waals surface area contributed by atoms with E-state index in [1.165, 1.54) is 11.1 Å². The van der Waals surface area contributed by atoms with Crippen molar-refractivity contribution in [1.29, 1.82) is 0 Å². The van der Waals surface area contributed by atoms with E-state index < -0.39 is 5.41 Å². The normalized spacial score (nSPS) is 19.0. The molecule has 0 unspecified atom stereocenters. The van der Waals surface area contributed by atoms with E-state index in [0.29, 0.717) is 23.4 Å². The van der Waals surface area contributed by atoms with Crippen LogP contribution in [-0.4, -0.2) is 17.4 Å². The van der Waals surface area contributed by atoms with E-state index in [-0.39, 0.29) is 11.7 Å². The van der Waals surface area contributed by atoms with Crippen LogP contribution >= 0.6 is 11.3 Å². The largest absolute Gasteiger partial charge is 0.289 e. The van der Waals surface area contributed by atoms with Crippen LogP contribution in [0.25, 0.3) is 0 Å². The molecule has 1 amide bonds. The number of anilines is 1. The highest BCUT2D eigenvalue weighted by atomic mass is 32.1. The second-order valence-electron chi connectivity index (χ2n) is 6.93. The minimum atomic E-state index is -0.981. The molecule has 0 N–H and O–H groups in total. The second-order valence-corrected chi connectivity index (χ2v) is 7.96. The molecule has 0 fully saturated rings. The van der Waals surface area contributed by atoms with Crippen LogP contribution in [0, 0.1) is 5.41 Å². The molecule has 5 heteroatoms. The molecule has 0 saturated carbocycles. The van der Waals surface area contributed by atoms with Crippen LogP contribution in [0.15, 0.2) is 95.4 Å². The third-order valence-corrected chi connectivity index (χ3v) is 5.96. The van der Waals surface area contributed by atoms with Crippen molar-refractivity contribution in [3.05, 3.63) is 101 Å². The molecule has 0 aliphatic carbocycles. The molecule has 4 nitrogen and oxygen atoms in total. The summed E-state index contributed by atoms with van der Waals surface area (Å²) in [6.45, 7) is 1.85. The zero-order valence-electron chi connectivity index (χ0n) is 16.0. The Morgan fingerprint density at radius 3 is 2.38 bits per heavy atom. The number of hydrogen-bond acceptors (Lipinski definition) is 4. The maximum Gasteiger partial charge on any atom is 0.263 e. The van der Waals surface area contributed by atoms with Crippen molar-refractivity contribution in [2.45, 2.75) is 13.3 Å². The molecule has 0 bridgehead atoms. The maximum atomic E-state index is 13.6. The van der Waals surface area contributed by atoms with Gasteiger partial charge in [0.1, 0.15) is 5.41 Å². The number of hydrazone groups is 1. The molecule has 1 aromatic heterocycles. The van der Waals surface area contributed by atoms with Gasteiger partial charge in [0, 0.05) is 16.9 Å². The Bertz CT molecular complexity index is 1070. The Kier molecular flexibility index (Phi) is 5.23. The number of rotatable bonds is 6. The van der Waals surface area contributed by atoms with E-state index in [4.69, 9.17) is 0 Å². The summed E-state index contributed by atoms with van der Waals surface area (Å²) in [6.07, 6.45) is 3.71. The Hall–Kier alpha value is -3.31. The van der Waals surface area contributed by atoms with Gasteiger partial charge in [-0.15, -0.1) is 11.3 Å². The minimum absolute atomic E-state index is 0.130. The summed E-state index contributed by atoms with van der Waals surface area (Å²) in [5.74, 6) is -0.276. The molecule has 0 radical (unpaired) electrons. The van der Waals surface area contributed by atoms with E-state index in [1.54, 1.807) is 29.5 Å². The lowest BCUT2D eigenvalue weighted by atomic mass is 9.78. The van der Waals surface area contributed by atoms with Crippen LogP contribution in [0.3, 0.4) is 0 Å². The van der Waals surface area contributed by atoms with Gasteiger partial charge in [0.15, 0.2) is 5.78 Å². The Morgan fingerprint density at radius 2 is 1.72 bits per heavy atom. The van der Waals surface area contributed by atoms with E-state index >= 15 is 0 Å². The summed E-state index contributed by atoms with van der Waals surface area (Å²) in [4.78, 5) is 27.3. The van der Waals surface area contributed by atoms with Gasteiger partial charge in [-0.05, 0) is 36.6 Å². The Labute approximate surface area is 173 Å². The van der Waals surface area contributed by atoms with Crippen molar-refractivity contribution in [2.24, 2.45) is 10.5 Å². The molecular weight excluding hydrogens is 380 g/mol. The zero-order valence-corrected chi connectivity index (χ0v) is 16.8. The van der Waals surface area contributed by atoms with Gasteiger partial charge in [-0.3, -0.25) is 9.59 Å². The molecule has 144 valence electrons. The van der Waals surface area contributed by atoms with Crippen LogP contribution in [0.5, 0.6) is 0 Å². The molecule has 4 rings (SSSR count). The van der Waals surface area contributed by atoms with Gasteiger partial charge in [0.2, 0.25) is 0 Å². The number of thiophene rings is 1. The number of carbonyl (C=O) groups is 2. The fraction of sp³-hybridized carbons (Fsp3) is 0.125. The smallest absolute Gasteiger partial charge is 0.263 e. The third kappa shape index (κ3) is 3.69. The molecule has 2 heterocycles. The molecule has 1 aliphatic rings. The zero-order chi connectivity index (χ0) is 20.3. The van der Waals surface area contributed by atoms with Crippen molar-refractivity contribution in [1.82, 2.24) is 0 Å². The summed E-state index contributed by atoms with van der Waals surface area (Å²) in [6, 6.07) is 22.4. The quantitative estimate of drug-likeness (QED) is 0.425. The van der Waals surface area contributed by atoms with E-state index in [9.17, 15) is 9.59 Å². The fourth-order valence-corrected chi connectivity index (χ4v) is 4.23. The van der Waals surface area contributed by atoms with Gasteiger partial charge in [-0.2, -0.15) is 10.1 Å². The number of nitrogens with zero attached hydrogens (tertiary/aromatic N) is 2. The highest BCUT2D eigenvalue weighted by Crippen LogP contribution is 2.38. The predicted molar refractivity (Wildman–Crippen MR) is 117 cm³/mol. The SMILES string of the molecule is CC1=NN(c2ccccc2)C(=O)[C@@]1(/C=C\C(=O)c1ccccc1)Cc1cccs1. The molecule has 1 aliphatic heterocycles. The number of allylic oxidation sites excluding steroid dienone is 1. The molecular formula is C24H20N2O2S. The number of ketones is 1. The van der Waals surface area contributed by atoms with Gasteiger partial charge >= 0.3 is 0 Å². The van der Waals surface area contributed by atoms with Crippen LogP contribution in [-0.2, 0) is 11.2 Å². The lowest BCUT2D eigenvalue weighted by Crippen LogP contribution is -2.39. The predicted octanol–water partition coefficient (Wildman–Crippen LogP) is 5.14. The van der Waals surface area contributed by atoms with E-state index in [0.717, 1.165) is 4.88 Å².